The number of hydrogen-bond donors (Lipinski definition) is 0. The third-order valence-corrected chi connectivity index (χ3v) is 4.03. The molecular weight excluding hydrogens is 489 g/mol. The van der Waals surface area contributed by atoms with Crippen LogP contribution in [0.2, 0.25) is 5.02 Å². The highest BCUT2D eigenvalue weighted by Crippen LogP contribution is 2.54. The van der Waals surface area contributed by atoms with Crippen molar-refractivity contribution in [2.24, 2.45) is 0 Å². The van der Waals surface area contributed by atoms with Crippen LogP contribution in [-0.4, -0.2) is 22.1 Å². The molecule has 2 nitrogen and oxygen atoms in total. The summed E-state index contributed by atoms with van der Waals surface area (Å²) in [6, 6.07) is -0.750. The predicted octanol–water partition coefficient (Wildman–Crippen LogP) is 6.60. The van der Waals surface area contributed by atoms with Crippen LogP contribution in [-0.2, 0) is 11.8 Å². The quantitative estimate of drug-likeness (QED) is 0.431. The Morgan fingerprint density at radius 1 is 0.889 bits per heavy atom. The Bertz CT molecular complexity index is 838. The number of aromatic nitrogens is 2. The van der Waals surface area contributed by atoms with Crippen LogP contribution in [0.25, 0.3) is 5.69 Å². The van der Waals surface area contributed by atoms with Gasteiger partial charge in [0.05, 0.1) is 26.9 Å². The summed E-state index contributed by atoms with van der Waals surface area (Å²) in [7, 11) is 0. The summed E-state index contributed by atoms with van der Waals surface area (Å²) < 4.78 is 132. The molecule has 0 aliphatic rings. The molecule has 27 heavy (non-hydrogen) atoms. The van der Waals surface area contributed by atoms with E-state index in [0.29, 0.717) is 4.68 Å². The van der Waals surface area contributed by atoms with Gasteiger partial charge in [0.25, 0.3) is 0 Å². The molecule has 0 aliphatic heterocycles. The third-order valence-electron chi connectivity index (χ3n) is 3.33. The molecule has 1 aromatic heterocycles. The van der Waals surface area contributed by atoms with E-state index >= 15 is 0 Å². The SMILES string of the molecule is FC(F)(F)c1cc(C(F)(C(F)(F)F)C(F)(F)F)cc(Cl)c1-n1cc(Br)cn1. The van der Waals surface area contributed by atoms with E-state index in [9.17, 15) is 43.9 Å². The summed E-state index contributed by atoms with van der Waals surface area (Å²) in [5.74, 6) is 0. The number of rotatable bonds is 2. The largest absolute Gasteiger partial charge is 0.435 e. The van der Waals surface area contributed by atoms with Gasteiger partial charge in [-0.1, -0.05) is 11.6 Å². The molecule has 0 amide bonds. The molecule has 0 unspecified atom stereocenters. The number of halogens is 12. The molecule has 2 aromatic rings. The summed E-state index contributed by atoms with van der Waals surface area (Å²) >= 11 is 8.38. The summed E-state index contributed by atoms with van der Waals surface area (Å²) in [4.78, 5) is 0. The summed E-state index contributed by atoms with van der Waals surface area (Å²) in [6.45, 7) is 0. The van der Waals surface area contributed by atoms with Crippen LogP contribution in [0.3, 0.4) is 0 Å². The van der Waals surface area contributed by atoms with Crippen molar-refractivity contribution in [3.63, 3.8) is 0 Å². The minimum Gasteiger partial charge on any atom is -0.238 e. The summed E-state index contributed by atoms with van der Waals surface area (Å²) in [5.41, 5.74) is -11.5. The lowest BCUT2D eigenvalue weighted by atomic mass is 9.92. The third kappa shape index (κ3) is 3.75. The van der Waals surface area contributed by atoms with Crippen molar-refractivity contribution < 1.29 is 43.9 Å². The average molecular weight is 494 g/mol. The van der Waals surface area contributed by atoms with Gasteiger partial charge in [-0.3, -0.25) is 0 Å². The minimum atomic E-state index is -6.59. The number of benzene rings is 1. The van der Waals surface area contributed by atoms with Crippen molar-refractivity contribution in [1.82, 2.24) is 9.78 Å². The topological polar surface area (TPSA) is 17.8 Å². The highest BCUT2D eigenvalue weighted by molar-refractivity contribution is 9.10. The second-order valence-electron chi connectivity index (χ2n) is 5.11. The Morgan fingerprint density at radius 3 is 1.78 bits per heavy atom. The zero-order chi connectivity index (χ0) is 21.0. The van der Waals surface area contributed by atoms with Crippen molar-refractivity contribution in [3.05, 3.63) is 45.1 Å². The first-order chi connectivity index (χ1) is 12.0. The molecule has 150 valence electrons. The number of nitrogens with zero attached hydrogens (tertiary/aromatic N) is 2. The Morgan fingerprint density at radius 2 is 1.41 bits per heavy atom. The van der Waals surface area contributed by atoms with E-state index in [1.165, 1.54) is 0 Å². The highest BCUT2D eigenvalue weighted by atomic mass is 79.9. The fourth-order valence-corrected chi connectivity index (χ4v) is 2.75. The van der Waals surface area contributed by atoms with Gasteiger partial charge in [-0.2, -0.15) is 44.6 Å². The van der Waals surface area contributed by atoms with Gasteiger partial charge in [0, 0.05) is 11.8 Å². The molecule has 0 spiro atoms. The van der Waals surface area contributed by atoms with E-state index in [1.54, 1.807) is 0 Å². The standard InChI is InChI=1S/C13H4BrClF10N2/c14-6-3-26-27(4-6)9-7(11(17,18)19)1-5(2-8(9)15)10(16,12(20,21)22)13(23,24)25/h1-4H. The van der Waals surface area contributed by atoms with Crippen LogP contribution in [0.1, 0.15) is 11.1 Å². The van der Waals surface area contributed by atoms with Gasteiger partial charge in [-0.15, -0.1) is 0 Å². The van der Waals surface area contributed by atoms with E-state index < -0.39 is 52.1 Å². The molecule has 1 heterocycles. The van der Waals surface area contributed by atoms with E-state index in [2.05, 4.69) is 21.0 Å². The minimum absolute atomic E-state index is 0.140. The lowest BCUT2D eigenvalue weighted by molar-refractivity contribution is -0.348. The van der Waals surface area contributed by atoms with E-state index in [-0.39, 0.29) is 10.5 Å². The molecule has 0 saturated heterocycles. The van der Waals surface area contributed by atoms with Gasteiger partial charge in [0.15, 0.2) is 0 Å². The van der Waals surface area contributed by atoms with Gasteiger partial charge in [-0.05, 0) is 28.1 Å². The van der Waals surface area contributed by atoms with Crippen LogP contribution >= 0.6 is 27.5 Å². The molecule has 0 bridgehead atoms. The molecule has 0 saturated carbocycles. The van der Waals surface area contributed by atoms with Crippen molar-refractivity contribution in [3.8, 4) is 5.69 Å². The van der Waals surface area contributed by atoms with Crippen molar-refractivity contribution in [2.45, 2.75) is 24.2 Å². The van der Waals surface area contributed by atoms with Crippen molar-refractivity contribution in [2.75, 3.05) is 0 Å². The lowest BCUT2D eigenvalue weighted by Gasteiger charge is -2.31. The summed E-state index contributed by atoms with van der Waals surface area (Å²) in [5, 5.41) is 2.24. The van der Waals surface area contributed by atoms with E-state index in [0.717, 1.165) is 12.4 Å². The van der Waals surface area contributed by atoms with Crippen LogP contribution < -0.4 is 0 Å². The molecule has 0 aliphatic carbocycles. The molecule has 0 fully saturated rings. The Hall–Kier alpha value is -1.50. The Kier molecular flexibility index (Phi) is 5.28. The zero-order valence-electron chi connectivity index (χ0n) is 12.2. The highest BCUT2D eigenvalue weighted by Gasteiger charge is 2.73. The fraction of sp³-hybridized carbons (Fsp3) is 0.308. The average Bonchev–Trinajstić information content (AvgIpc) is 2.88. The smallest absolute Gasteiger partial charge is 0.238 e. The lowest BCUT2D eigenvalue weighted by Crippen LogP contribution is -2.50. The molecule has 0 atom stereocenters. The van der Waals surface area contributed by atoms with Gasteiger partial charge >= 0.3 is 24.2 Å². The fourth-order valence-electron chi connectivity index (χ4n) is 2.16. The van der Waals surface area contributed by atoms with Gasteiger partial charge in [-0.25, -0.2) is 9.07 Å². The predicted molar refractivity (Wildman–Crippen MR) is 76.2 cm³/mol. The second kappa shape index (κ2) is 6.54. The normalized spacial score (nSPS) is 13.9. The Labute approximate surface area is 156 Å². The van der Waals surface area contributed by atoms with Gasteiger partial charge in [0.2, 0.25) is 0 Å². The van der Waals surface area contributed by atoms with Gasteiger partial charge in [0.1, 0.15) is 0 Å². The van der Waals surface area contributed by atoms with Gasteiger partial charge < -0.3 is 0 Å². The Balaban J connectivity index is 2.88. The monoisotopic (exact) mass is 492 g/mol. The van der Waals surface area contributed by atoms with Crippen LogP contribution in [0.4, 0.5) is 43.9 Å². The molecule has 0 N–H and O–H groups in total. The molecule has 1 aromatic carbocycles. The first-order valence-corrected chi connectivity index (χ1v) is 7.61. The maximum Gasteiger partial charge on any atom is 0.435 e. The second-order valence-corrected chi connectivity index (χ2v) is 6.43. The van der Waals surface area contributed by atoms with Crippen LogP contribution in [0, 0.1) is 0 Å². The molecule has 14 heteroatoms. The van der Waals surface area contributed by atoms with Crippen LogP contribution in [0.5, 0.6) is 0 Å². The number of hydrogen-bond acceptors (Lipinski definition) is 1. The first kappa shape index (κ1) is 21.8. The maximum atomic E-state index is 14.1. The molecular formula is C13H4BrClF10N2. The molecule has 2 rings (SSSR count). The van der Waals surface area contributed by atoms with Crippen molar-refractivity contribution in [1.29, 1.82) is 0 Å². The number of alkyl halides is 10. The van der Waals surface area contributed by atoms with E-state index in [1.807, 2.05) is 0 Å². The van der Waals surface area contributed by atoms with Crippen molar-refractivity contribution >= 4 is 27.5 Å². The maximum absolute atomic E-state index is 14.1. The summed E-state index contributed by atoms with van der Waals surface area (Å²) in [6.07, 6.45) is -16.7. The first-order valence-electron chi connectivity index (χ1n) is 6.44. The van der Waals surface area contributed by atoms with E-state index in [4.69, 9.17) is 11.6 Å². The molecule has 0 radical (unpaired) electrons. The zero-order valence-corrected chi connectivity index (χ0v) is 14.6. The van der Waals surface area contributed by atoms with Crippen LogP contribution in [0.15, 0.2) is 29.0 Å².